The zero-order valence-electron chi connectivity index (χ0n) is 23.8. The first kappa shape index (κ1) is 27.6. The Morgan fingerprint density at radius 1 is 1.00 bits per heavy atom. The molecule has 41 heavy (non-hydrogen) atoms. The highest BCUT2D eigenvalue weighted by Crippen LogP contribution is 2.44. The lowest BCUT2D eigenvalue weighted by molar-refractivity contribution is -0.142. The summed E-state index contributed by atoms with van der Waals surface area (Å²) in [6, 6.07) is 8.07. The van der Waals surface area contributed by atoms with Crippen molar-refractivity contribution in [3.05, 3.63) is 58.5 Å². The number of aromatic amines is 1. The van der Waals surface area contributed by atoms with E-state index in [1.165, 1.54) is 58.4 Å². The van der Waals surface area contributed by atoms with E-state index >= 15 is 0 Å². The maximum Gasteiger partial charge on any atom is 0.328 e. The van der Waals surface area contributed by atoms with E-state index in [1.54, 1.807) is 6.20 Å². The molecule has 1 aromatic carbocycles. The van der Waals surface area contributed by atoms with E-state index in [2.05, 4.69) is 25.2 Å². The van der Waals surface area contributed by atoms with Crippen LogP contribution in [0.5, 0.6) is 0 Å². The second-order valence-corrected chi connectivity index (χ2v) is 11.9. The van der Waals surface area contributed by atoms with Crippen LogP contribution in [0.25, 0.3) is 11.0 Å². The van der Waals surface area contributed by atoms with Crippen LogP contribution in [0.4, 0.5) is 0 Å². The minimum Gasteiger partial charge on any atom is -0.467 e. The molecule has 2 bridgehead atoms. The molecule has 10 heteroatoms. The Morgan fingerprint density at radius 3 is 2.39 bits per heavy atom. The molecule has 2 aliphatic heterocycles. The molecular formula is C31H40N6O4. The summed E-state index contributed by atoms with van der Waals surface area (Å²) in [5.41, 5.74) is 1.33. The van der Waals surface area contributed by atoms with Gasteiger partial charge >= 0.3 is 5.97 Å². The average Bonchev–Trinajstić information content (AvgIpc) is 3.56. The van der Waals surface area contributed by atoms with Crippen LogP contribution in [0.15, 0.2) is 41.6 Å². The number of methoxy groups -OCH3 is 1. The van der Waals surface area contributed by atoms with Crippen molar-refractivity contribution in [3.63, 3.8) is 0 Å². The van der Waals surface area contributed by atoms with Gasteiger partial charge in [0.1, 0.15) is 6.04 Å². The molecule has 3 aromatic rings. The molecule has 218 valence electrons. The summed E-state index contributed by atoms with van der Waals surface area (Å²) < 4.78 is 6.74. The molecule has 2 N–H and O–H groups in total. The summed E-state index contributed by atoms with van der Waals surface area (Å²) in [5, 5.41) is 2.70. The fourth-order valence-electron chi connectivity index (χ4n) is 7.56. The number of nitrogens with zero attached hydrogens (tertiary/aromatic N) is 4. The van der Waals surface area contributed by atoms with E-state index < -0.39 is 23.5 Å². The standard InChI is InChI=1S/C31H40N6O4/c1-41-31(40)26(15-20-18-32-19-33-20)35-29(38)28-30(39)37(27-12-8-7-11-25(27)34-28)24-16-22-13-14-23(17-24)36(22)21-9-5-3-2-4-6-10-21/h7-8,11-12,18-19,21-24,26H,2-6,9-10,13-17H2,1H3,(H,32,33)(H,35,38). The Balaban J connectivity index is 1.29. The smallest absolute Gasteiger partial charge is 0.328 e. The van der Waals surface area contributed by atoms with Gasteiger partial charge in [-0.25, -0.2) is 14.8 Å². The third-order valence-electron chi connectivity index (χ3n) is 9.40. The first-order valence-electron chi connectivity index (χ1n) is 15.2. The molecule has 6 rings (SSSR count). The van der Waals surface area contributed by atoms with Gasteiger partial charge in [-0.15, -0.1) is 0 Å². The largest absolute Gasteiger partial charge is 0.467 e. The van der Waals surface area contributed by atoms with Crippen LogP contribution in [0.1, 0.15) is 92.9 Å². The van der Waals surface area contributed by atoms with Crippen LogP contribution in [0.2, 0.25) is 0 Å². The number of hydrogen-bond donors (Lipinski definition) is 2. The number of benzene rings is 1. The number of nitrogens with one attached hydrogen (secondary N) is 2. The Hall–Kier alpha value is -3.53. The molecule has 2 saturated heterocycles. The number of carbonyl (C=O) groups excluding carboxylic acids is 2. The van der Waals surface area contributed by atoms with Crippen LogP contribution in [-0.2, 0) is 16.0 Å². The number of aromatic nitrogens is 4. The van der Waals surface area contributed by atoms with Gasteiger partial charge in [0.05, 0.1) is 30.2 Å². The second kappa shape index (κ2) is 12.1. The summed E-state index contributed by atoms with van der Waals surface area (Å²) in [6.45, 7) is 0. The molecule has 3 fully saturated rings. The van der Waals surface area contributed by atoms with E-state index in [9.17, 15) is 14.4 Å². The van der Waals surface area contributed by atoms with Crippen molar-refractivity contribution in [3.8, 4) is 0 Å². The van der Waals surface area contributed by atoms with E-state index in [-0.39, 0.29) is 18.2 Å². The summed E-state index contributed by atoms with van der Waals surface area (Å²) in [4.78, 5) is 54.4. The molecule has 2 aromatic heterocycles. The van der Waals surface area contributed by atoms with Gasteiger partial charge in [0, 0.05) is 36.8 Å². The fraction of sp³-hybridized carbons (Fsp3) is 0.581. The van der Waals surface area contributed by atoms with Gasteiger partial charge in [-0.2, -0.15) is 0 Å². The van der Waals surface area contributed by atoms with Crippen molar-refractivity contribution in [1.82, 2.24) is 29.7 Å². The summed E-state index contributed by atoms with van der Waals surface area (Å²) in [5.74, 6) is -1.30. The number of carbonyl (C=O) groups is 2. The number of para-hydroxylation sites is 2. The molecule has 3 atom stereocenters. The molecule has 10 nitrogen and oxygen atoms in total. The minimum absolute atomic E-state index is 0.00952. The van der Waals surface area contributed by atoms with Crippen LogP contribution >= 0.6 is 0 Å². The van der Waals surface area contributed by atoms with E-state index in [0.29, 0.717) is 29.3 Å². The molecule has 4 heterocycles. The van der Waals surface area contributed by atoms with Gasteiger partial charge in [-0.1, -0.05) is 44.2 Å². The number of hydrogen-bond acceptors (Lipinski definition) is 7. The number of rotatable bonds is 7. The summed E-state index contributed by atoms with van der Waals surface area (Å²) in [7, 11) is 1.27. The predicted molar refractivity (Wildman–Crippen MR) is 155 cm³/mol. The molecule has 1 saturated carbocycles. The van der Waals surface area contributed by atoms with Crippen LogP contribution in [0, 0.1) is 0 Å². The van der Waals surface area contributed by atoms with Crippen molar-refractivity contribution in [2.75, 3.05) is 7.11 Å². The summed E-state index contributed by atoms with van der Waals surface area (Å²) >= 11 is 0. The van der Waals surface area contributed by atoms with E-state index in [0.717, 1.165) is 31.2 Å². The Bertz CT molecular complexity index is 1410. The normalized spacial score (nSPS) is 24.5. The van der Waals surface area contributed by atoms with Crippen molar-refractivity contribution in [2.45, 2.75) is 107 Å². The third-order valence-corrected chi connectivity index (χ3v) is 9.40. The quantitative estimate of drug-likeness (QED) is 0.420. The monoisotopic (exact) mass is 560 g/mol. The van der Waals surface area contributed by atoms with Crippen molar-refractivity contribution in [1.29, 1.82) is 0 Å². The van der Waals surface area contributed by atoms with Gasteiger partial charge in [0.2, 0.25) is 0 Å². The number of amides is 1. The molecule has 0 radical (unpaired) electrons. The molecule has 1 amide bonds. The lowest BCUT2D eigenvalue weighted by atomic mass is 9.89. The van der Waals surface area contributed by atoms with Gasteiger partial charge < -0.3 is 19.6 Å². The highest BCUT2D eigenvalue weighted by atomic mass is 16.5. The zero-order chi connectivity index (χ0) is 28.3. The lowest BCUT2D eigenvalue weighted by Gasteiger charge is -2.45. The Labute approximate surface area is 239 Å². The molecule has 1 aliphatic carbocycles. The van der Waals surface area contributed by atoms with E-state index in [4.69, 9.17) is 4.74 Å². The number of fused-ring (bicyclic) bond motifs is 3. The Morgan fingerprint density at radius 2 is 1.71 bits per heavy atom. The number of piperidine rings is 1. The molecule has 3 aliphatic rings. The van der Waals surface area contributed by atoms with Gasteiger partial charge in [-0.05, 0) is 50.7 Å². The Kier molecular flexibility index (Phi) is 8.18. The number of ether oxygens (including phenoxy) is 1. The number of imidazole rings is 1. The third kappa shape index (κ3) is 5.66. The SMILES string of the molecule is COC(=O)C(Cc1c[nH]cn1)NC(=O)c1nc2ccccc2n(C2CC3CCC(C2)N3C2CCCCCCC2)c1=O. The first-order valence-corrected chi connectivity index (χ1v) is 15.2. The number of H-pyrrole nitrogens is 1. The summed E-state index contributed by atoms with van der Waals surface area (Å²) in [6.07, 6.45) is 16.6. The molecule has 3 unspecified atom stereocenters. The van der Waals surface area contributed by atoms with Crippen LogP contribution in [-0.4, -0.2) is 67.6 Å². The van der Waals surface area contributed by atoms with Crippen LogP contribution in [0.3, 0.4) is 0 Å². The second-order valence-electron chi connectivity index (χ2n) is 11.9. The topological polar surface area (TPSA) is 122 Å². The van der Waals surface area contributed by atoms with Gasteiger partial charge in [0.15, 0.2) is 5.69 Å². The molecule has 0 spiro atoms. The molecular weight excluding hydrogens is 520 g/mol. The van der Waals surface area contributed by atoms with E-state index in [1.807, 2.05) is 28.8 Å². The van der Waals surface area contributed by atoms with Crippen molar-refractivity contribution < 1.29 is 14.3 Å². The maximum atomic E-state index is 14.1. The maximum absolute atomic E-state index is 14.1. The minimum atomic E-state index is -1.00. The fourth-order valence-corrected chi connectivity index (χ4v) is 7.56. The average molecular weight is 561 g/mol. The lowest BCUT2D eigenvalue weighted by Crippen LogP contribution is -2.51. The first-order chi connectivity index (χ1) is 20.0. The zero-order valence-corrected chi connectivity index (χ0v) is 23.8. The van der Waals surface area contributed by atoms with Crippen molar-refractivity contribution >= 4 is 22.9 Å². The number of esters is 1. The predicted octanol–water partition coefficient (Wildman–Crippen LogP) is 3.91. The highest BCUT2D eigenvalue weighted by molar-refractivity contribution is 5.96. The van der Waals surface area contributed by atoms with Crippen molar-refractivity contribution in [2.24, 2.45) is 0 Å². The van der Waals surface area contributed by atoms with Gasteiger partial charge in [0.25, 0.3) is 11.5 Å². The van der Waals surface area contributed by atoms with Gasteiger partial charge in [-0.3, -0.25) is 14.5 Å². The highest BCUT2D eigenvalue weighted by Gasteiger charge is 2.44. The van der Waals surface area contributed by atoms with Crippen LogP contribution < -0.4 is 10.9 Å².